The van der Waals surface area contributed by atoms with Crippen molar-refractivity contribution < 1.29 is 18.7 Å². The van der Waals surface area contributed by atoms with Gasteiger partial charge in [0, 0.05) is 50.6 Å². The molecule has 0 spiro atoms. The fourth-order valence-electron chi connectivity index (χ4n) is 4.39. The van der Waals surface area contributed by atoms with Crippen LogP contribution in [0.15, 0.2) is 18.2 Å². The number of piperazine rings is 1. The van der Waals surface area contributed by atoms with E-state index in [2.05, 4.69) is 17.1 Å². The maximum Gasteiger partial charge on any atom is 0.222 e. The number of nitrogens with one attached hydrogen (secondary N) is 1. The molecule has 2 amide bonds. The molecule has 2 aliphatic rings. The van der Waals surface area contributed by atoms with E-state index in [1.807, 2.05) is 4.90 Å². The van der Waals surface area contributed by atoms with Crippen LogP contribution in [0.1, 0.15) is 44.6 Å². The summed E-state index contributed by atoms with van der Waals surface area (Å²) >= 11 is 0. The molecule has 7 heteroatoms. The summed E-state index contributed by atoms with van der Waals surface area (Å²) in [5.41, 5.74) is -0.0275. The van der Waals surface area contributed by atoms with Gasteiger partial charge in [0.25, 0.3) is 0 Å². The Bertz CT molecular complexity index is 734. The monoisotopic (exact) mass is 405 g/mol. The minimum atomic E-state index is -0.563. The molecule has 2 fully saturated rings. The van der Waals surface area contributed by atoms with Gasteiger partial charge in [-0.2, -0.15) is 0 Å². The first kappa shape index (κ1) is 21.6. The number of halogens is 1. The second kappa shape index (κ2) is 9.57. The molecule has 1 aromatic carbocycles. The van der Waals surface area contributed by atoms with Crippen molar-refractivity contribution in [3.8, 4) is 5.75 Å². The molecule has 0 aromatic heterocycles. The fraction of sp³-hybridized carbons (Fsp3) is 0.636. The fourth-order valence-corrected chi connectivity index (χ4v) is 4.39. The van der Waals surface area contributed by atoms with E-state index in [0.29, 0.717) is 43.4 Å². The van der Waals surface area contributed by atoms with Gasteiger partial charge < -0.3 is 15.0 Å². The highest BCUT2D eigenvalue weighted by molar-refractivity contribution is 5.80. The van der Waals surface area contributed by atoms with Gasteiger partial charge in [0.2, 0.25) is 11.8 Å². The Morgan fingerprint density at radius 1 is 1.28 bits per heavy atom. The van der Waals surface area contributed by atoms with E-state index in [1.165, 1.54) is 13.2 Å². The first-order chi connectivity index (χ1) is 13.9. The average Bonchev–Trinajstić information content (AvgIpc) is 3.09. The van der Waals surface area contributed by atoms with Gasteiger partial charge in [0.05, 0.1) is 7.11 Å². The Morgan fingerprint density at radius 3 is 2.62 bits per heavy atom. The summed E-state index contributed by atoms with van der Waals surface area (Å²) in [6.07, 6.45) is 3.44. The third-order valence-electron chi connectivity index (χ3n) is 6.11. The van der Waals surface area contributed by atoms with Crippen molar-refractivity contribution in [3.05, 3.63) is 29.6 Å². The summed E-state index contributed by atoms with van der Waals surface area (Å²) in [7, 11) is 1.50. The van der Waals surface area contributed by atoms with E-state index >= 15 is 0 Å². The van der Waals surface area contributed by atoms with E-state index in [9.17, 15) is 14.0 Å². The van der Waals surface area contributed by atoms with Crippen molar-refractivity contribution in [2.45, 2.75) is 51.0 Å². The number of carbonyl (C=O) groups is 2. The van der Waals surface area contributed by atoms with Crippen LogP contribution in [-0.2, 0) is 16.0 Å². The lowest BCUT2D eigenvalue weighted by Crippen LogP contribution is -2.50. The van der Waals surface area contributed by atoms with Gasteiger partial charge in [-0.05, 0) is 43.9 Å². The van der Waals surface area contributed by atoms with Crippen LogP contribution in [0, 0.1) is 5.82 Å². The van der Waals surface area contributed by atoms with Crippen molar-refractivity contribution in [1.82, 2.24) is 15.1 Å². The van der Waals surface area contributed by atoms with Crippen molar-refractivity contribution in [2.75, 3.05) is 39.8 Å². The van der Waals surface area contributed by atoms with E-state index in [0.717, 1.165) is 39.1 Å². The van der Waals surface area contributed by atoms with E-state index in [1.54, 1.807) is 12.1 Å². The minimum Gasteiger partial charge on any atom is -0.497 e. The SMILES string of the molecule is CCCN1CCN(C(=O)CCC2(Cc3ccc(OC)cc3F)CCC(=O)N2)CC1. The van der Waals surface area contributed by atoms with Gasteiger partial charge in [-0.15, -0.1) is 0 Å². The summed E-state index contributed by atoms with van der Waals surface area (Å²) in [5, 5.41) is 3.04. The summed E-state index contributed by atoms with van der Waals surface area (Å²) in [4.78, 5) is 29.0. The maximum absolute atomic E-state index is 14.5. The molecule has 1 unspecified atom stereocenters. The van der Waals surface area contributed by atoms with E-state index in [4.69, 9.17) is 4.74 Å². The molecular formula is C22H32FN3O3. The molecule has 3 rings (SSSR count). The van der Waals surface area contributed by atoms with E-state index in [-0.39, 0.29) is 17.6 Å². The number of hydrogen-bond donors (Lipinski definition) is 1. The molecule has 160 valence electrons. The first-order valence-electron chi connectivity index (χ1n) is 10.6. The minimum absolute atomic E-state index is 0.0282. The standard InChI is InChI=1S/C22H32FN3O3/c1-3-10-25-11-13-26(14-12-25)21(28)7-9-22(8-6-20(27)24-22)16-17-4-5-18(29-2)15-19(17)23/h4-5,15H,3,6-14,16H2,1-2H3,(H,24,27). The number of nitrogens with zero attached hydrogens (tertiary/aromatic N) is 2. The predicted octanol–water partition coefficient (Wildman–Crippen LogP) is 2.36. The molecule has 0 radical (unpaired) electrons. The van der Waals surface area contributed by atoms with Crippen molar-refractivity contribution in [3.63, 3.8) is 0 Å². The smallest absolute Gasteiger partial charge is 0.222 e. The molecule has 0 saturated carbocycles. The van der Waals surface area contributed by atoms with Gasteiger partial charge in [-0.3, -0.25) is 14.5 Å². The van der Waals surface area contributed by atoms with Gasteiger partial charge >= 0.3 is 0 Å². The summed E-state index contributed by atoms with van der Waals surface area (Å²) < 4.78 is 19.5. The molecule has 2 aliphatic heterocycles. The quantitative estimate of drug-likeness (QED) is 0.721. The predicted molar refractivity (Wildman–Crippen MR) is 109 cm³/mol. The van der Waals surface area contributed by atoms with Crippen LogP contribution in [-0.4, -0.2) is 67.0 Å². The number of hydrogen-bond acceptors (Lipinski definition) is 4. The van der Waals surface area contributed by atoms with Crippen LogP contribution in [0.3, 0.4) is 0 Å². The summed E-state index contributed by atoms with van der Waals surface area (Å²) in [5.74, 6) is 0.216. The Labute approximate surface area is 172 Å². The molecule has 0 aliphatic carbocycles. The number of ether oxygens (including phenoxy) is 1. The van der Waals surface area contributed by atoms with Gasteiger partial charge in [0.1, 0.15) is 11.6 Å². The molecular weight excluding hydrogens is 373 g/mol. The Balaban J connectivity index is 1.61. The molecule has 1 atom stereocenters. The molecule has 1 aromatic rings. The highest BCUT2D eigenvalue weighted by Crippen LogP contribution is 2.31. The average molecular weight is 406 g/mol. The normalized spacial score (nSPS) is 22.6. The third-order valence-corrected chi connectivity index (χ3v) is 6.11. The van der Waals surface area contributed by atoms with Gasteiger partial charge in [0.15, 0.2) is 0 Å². The number of carbonyl (C=O) groups excluding carboxylic acids is 2. The van der Waals surface area contributed by atoms with Crippen LogP contribution in [0.2, 0.25) is 0 Å². The molecule has 2 saturated heterocycles. The Hall–Kier alpha value is -2.15. The summed E-state index contributed by atoms with van der Waals surface area (Å²) in [6.45, 7) is 6.58. The summed E-state index contributed by atoms with van der Waals surface area (Å²) in [6, 6.07) is 4.79. The lowest BCUT2D eigenvalue weighted by molar-refractivity contribution is -0.133. The Morgan fingerprint density at radius 2 is 2.03 bits per heavy atom. The van der Waals surface area contributed by atoms with Crippen molar-refractivity contribution in [1.29, 1.82) is 0 Å². The topological polar surface area (TPSA) is 61.9 Å². The second-order valence-electron chi connectivity index (χ2n) is 8.19. The number of amides is 2. The maximum atomic E-state index is 14.5. The number of benzene rings is 1. The zero-order chi connectivity index (χ0) is 20.9. The second-order valence-corrected chi connectivity index (χ2v) is 8.19. The van der Waals surface area contributed by atoms with Crippen molar-refractivity contribution in [2.24, 2.45) is 0 Å². The largest absolute Gasteiger partial charge is 0.497 e. The zero-order valence-corrected chi connectivity index (χ0v) is 17.5. The zero-order valence-electron chi connectivity index (χ0n) is 17.5. The lowest BCUT2D eigenvalue weighted by Gasteiger charge is -2.36. The van der Waals surface area contributed by atoms with Crippen LogP contribution in [0.5, 0.6) is 5.75 Å². The molecule has 0 bridgehead atoms. The van der Waals surface area contributed by atoms with Crippen molar-refractivity contribution >= 4 is 11.8 Å². The van der Waals surface area contributed by atoms with Crippen LogP contribution in [0.4, 0.5) is 4.39 Å². The number of methoxy groups -OCH3 is 1. The van der Waals surface area contributed by atoms with Crippen LogP contribution < -0.4 is 10.1 Å². The molecule has 1 N–H and O–H groups in total. The van der Waals surface area contributed by atoms with E-state index < -0.39 is 5.54 Å². The number of rotatable bonds is 8. The highest BCUT2D eigenvalue weighted by Gasteiger charge is 2.39. The molecule has 6 nitrogen and oxygen atoms in total. The van der Waals surface area contributed by atoms with Crippen LogP contribution >= 0.6 is 0 Å². The van der Waals surface area contributed by atoms with Gasteiger partial charge in [-0.25, -0.2) is 4.39 Å². The molecule has 2 heterocycles. The van der Waals surface area contributed by atoms with Gasteiger partial charge in [-0.1, -0.05) is 13.0 Å². The molecule has 29 heavy (non-hydrogen) atoms. The highest BCUT2D eigenvalue weighted by atomic mass is 19.1. The first-order valence-corrected chi connectivity index (χ1v) is 10.6. The van der Waals surface area contributed by atoms with Crippen LogP contribution in [0.25, 0.3) is 0 Å². The third kappa shape index (κ3) is 5.47. The lowest BCUT2D eigenvalue weighted by atomic mass is 9.84. The Kier molecular flexibility index (Phi) is 7.11.